The summed E-state index contributed by atoms with van der Waals surface area (Å²) in [6.45, 7) is 3.47. The van der Waals surface area contributed by atoms with Crippen molar-refractivity contribution >= 4 is 17.8 Å². The maximum atomic E-state index is 12.4. The molecular formula is C20H26N2O5. The zero-order valence-electron chi connectivity index (χ0n) is 15.6. The standard InChI is InChI=1S/C20H26N2O5/c1-15(23)22-14-20(11-17(22)19(25)26)7-9-21(10-8-20)18(24)13-27-12-16-5-3-2-4-6-16/h2-6,17H,7-14H2,1H3,(H,25,26). The number of hydrogen-bond acceptors (Lipinski definition) is 4. The summed E-state index contributed by atoms with van der Waals surface area (Å²) in [5.41, 5.74) is 0.828. The Morgan fingerprint density at radius 3 is 2.41 bits per heavy atom. The minimum absolute atomic E-state index is 0.0409. The Bertz CT molecular complexity index is 674. The largest absolute Gasteiger partial charge is 0.480 e. The average Bonchev–Trinajstić information content (AvgIpc) is 3.03. The Labute approximate surface area is 158 Å². The molecule has 1 N–H and O–H groups in total. The molecule has 0 radical (unpaired) electrons. The van der Waals surface area contributed by atoms with Crippen molar-refractivity contribution in [1.29, 1.82) is 0 Å². The summed E-state index contributed by atoms with van der Waals surface area (Å²) >= 11 is 0. The lowest BCUT2D eigenvalue weighted by Gasteiger charge is -2.39. The molecule has 3 rings (SSSR count). The number of nitrogens with zero attached hydrogens (tertiary/aromatic N) is 2. The number of carbonyl (C=O) groups is 3. The van der Waals surface area contributed by atoms with E-state index in [-0.39, 0.29) is 23.8 Å². The summed E-state index contributed by atoms with van der Waals surface area (Å²) in [5, 5.41) is 9.40. The molecule has 0 saturated carbocycles. The monoisotopic (exact) mass is 374 g/mol. The molecular weight excluding hydrogens is 348 g/mol. The number of amides is 2. The first-order valence-corrected chi connectivity index (χ1v) is 9.30. The van der Waals surface area contributed by atoms with Crippen molar-refractivity contribution in [2.24, 2.45) is 5.41 Å². The van der Waals surface area contributed by atoms with E-state index in [2.05, 4.69) is 0 Å². The molecule has 2 fully saturated rings. The van der Waals surface area contributed by atoms with E-state index in [4.69, 9.17) is 4.74 Å². The highest BCUT2D eigenvalue weighted by Crippen LogP contribution is 2.43. The van der Waals surface area contributed by atoms with Gasteiger partial charge >= 0.3 is 5.97 Å². The maximum absolute atomic E-state index is 12.4. The third-order valence-corrected chi connectivity index (χ3v) is 5.71. The predicted octanol–water partition coefficient (Wildman–Crippen LogP) is 1.52. The quantitative estimate of drug-likeness (QED) is 0.844. The number of carbonyl (C=O) groups excluding carboxylic acids is 2. The van der Waals surface area contributed by atoms with Crippen LogP contribution >= 0.6 is 0 Å². The maximum Gasteiger partial charge on any atom is 0.326 e. The molecule has 7 heteroatoms. The fourth-order valence-corrected chi connectivity index (χ4v) is 4.12. The number of ether oxygens (including phenoxy) is 1. The predicted molar refractivity (Wildman–Crippen MR) is 97.8 cm³/mol. The SMILES string of the molecule is CC(=O)N1CC2(CCN(C(=O)COCc3ccccc3)CC2)CC1C(=O)O. The van der Waals surface area contributed by atoms with Crippen molar-refractivity contribution in [3.05, 3.63) is 35.9 Å². The highest BCUT2D eigenvalue weighted by molar-refractivity contribution is 5.83. The number of hydrogen-bond donors (Lipinski definition) is 1. The molecule has 2 amide bonds. The third kappa shape index (κ3) is 4.47. The zero-order chi connectivity index (χ0) is 19.4. The van der Waals surface area contributed by atoms with Crippen LogP contribution in [0.2, 0.25) is 0 Å². The van der Waals surface area contributed by atoms with Gasteiger partial charge in [-0.25, -0.2) is 4.79 Å². The van der Waals surface area contributed by atoms with Gasteiger partial charge in [0.2, 0.25) is 11.8 Å². The van der Waals surface area contributed by atoms with Crippen molar-refractivity contribution in [3.63, 3.8) is 0 Å². The molecule has 0 bridgehead atoms. The molecule has 146 valence electrons. The average molecular weight is 374 g/mol. The first-order valence-electron chi connectivity index (χ1n) is 9.30. The minimum atomic E-state index is -0.949. The van der Waals surface area contributed by atoms with E-state index < -0.39 is 12.0 Å². The van der Waals surface area contributed by atoms with Crippen LogP contribution in [0.15, 0.2) is 30.3 Å². The molecule has 1 unspecified atom stereocenters. The normalized spacial score (nSPS) is 21.4. The molecule has 1 aromatic carbocycles. The second-order valence-electron chi connectivity index (χ2n) is 7.56. The van der Waals surface area contributed by atoms with E-state index in [1.807, 2.05) is 30.3 Å². The van der Waals surface area contributed by atoms with Gasteiger partial charge in [-0.1, -0.05) is 30.3 Å². The van der Waals surface area contributed by atoms with Crippen LogP contribution in [0.5, 0.6) is 0 Å². The van der Waals surface area contributed by atoms with Gasteiger partial charge in [-0.05, 0) is 30.2 Å². The van der Waals surface area contributed by atoms with E-state index in [9.17, 15) is 19.5 Å². The Kier molecular flexibility index (Phi) is 5.79. The number of carboxylic acids is 1. The molecule has 1 atom stereocenters. The van der Waals surface area contributed by atoms with Gasteiger partial charge < -0.3 is 19.6 Å². The molecule has 0 aromatic heterocycles. The summed E-state index contributed by atoms with van der Waals surface area (Å²) in [6.07, 6.45) is 1.89. The summed E-state index contributed by atoms with van der Waals surface area (Å²) in [4.78, 5) is 38.9. The number of rotatable bonds is 5. The van der Waals surface area contributed by atoms with E-state index in [1.54, 1.807) is 4.90 Å². The molecule has 2 aliphatic heterocycles. The molecule has 2 aliphatic rings. The Morgan fingerprint density at radius 1 is 1.19 bits per heavy atom. The van der Waals surface area contributed by atoms with Crippen molar-refractivity contribution in [2.75, 3.05) is 26.2 Å². The molecule has 2 saturated heterocycles. The Hall–Kier alpha value is -2.41. The van der Waals surface area contributed by atoms with Gasteiger partial charge in [-0.2, -0.15) is 0 Å². The van der Waals surface area contributed by atoms with Crippen molar-refractivity contribution < 1.29 is 24.2 Å². The Balaban J connectivity index is 1.49. The second-order valence-corrected chi connectivity index (χ2v) is 7.56. The molecule has 27 heavy (non-hydrogen) atoms. The molecule has 1 aromatic rings. The lowest BCUT2D eigenvalue weighted by atomic mass is 9.76. The van der Waals surface area contributed by atoms with Crippen LogP contribution < -0.4 is 0 Å². The van der Waals surface area contributed by atoms with E-state index >= 15 is 0 Å². The van der Waals surface area contributed by atoms with Gasteiger partial charge in [0.05, 0.1) is 6.61 Å². The van der Waals surface area contributed by atoms with Crippen LogP contribution in [0, 0.1) is 5.41 Å². The van der Waals surface area contributed by atoms with E-state index in [1.165, 1.54) is 11.8 Å². The summed E-state index contributed by atoms with van der Waals surface area (Å²) < 4.78 is 5.53. The van der Waals surface area contributed by atoms with Crippen molar-refractivity contribution in [1.82, 2.24) is 9.80 Å². The number of benzene rings is 1. The van der Waals surface area contributed by atoms with Gasteiger partial charge in [0.25, 0.3) is 0 Å². The number of carboxylic acid groups (broad SMARTS) is 1. The van der Waals surface area contributed by atoms with Gasteiger partial charge in [-0.15, -0.1) is 0 Å². The minimum Gasteiger partial charge on any atom is -0.480 e. The molecule has 1 spiro atoms. The van der Waals surface area contributed by atoms with Crippen LogP contribution in [0.1, 0.15) is 31.7 Å². The number of likely N-dealkylation sites (tertiary alicyclic amines) is 2. The van der Waals surface area contributed by atoms with Gasteiger partial charge in [0.1, 0.15) is 12.6 Å². The fourth-order valence-electron chi connectivity index (χ4n) is 4.12. The van der Waals surface area contributed by atoms with Gasteiger partial charge in [0, 0.05) is 26.6 Å². The molecule has 7 nitrogen and oxygen atoms in total. The van der Waals surface area contributed by atoms with Crippen LogP contribution in [0.25, 0.3) is 0 Å². The van der Waals surface area contributed by atoms with E-state index in [0.717, 1.165) is 5.56 Å². The lowest BCUT2D eigenvalue weighted by molar-refractivity contribution is -0.147. The van der Waals surface area contributed by atoms with Crippen LogP contribution in [-0.2, 0) is 25.7 Å². The Morgan fingerprint density at radius 2 is 1.85 bits per heavy atom. The van der Waals surface area contributed by atoms with Crippen LogP contribution in [0.4, 0.5) is 0 Å². The first-order chi connectivity index (χ1) is 12.9. The second kappa shape index (κ2) is 8.08. The summed E-state index contributed by atoms with van der Waals surface area (Å²) in [6, 6.07) is 8.95. The number of aliphatic carboxylic acids is 1. The zero-order valence-corrected chi connectivity index (χ0v) is 15.6. The van der Waals surface area contributed by atoms with Gasteiger partial charge in [-0.3, -0.25) is 9.59 Å². The molecule has 2 heterocycles. The highest BCUT2D eigenvalue weighted by atomic mass is 16.5. The van der Waals surface area contributed by atoms with Crippen LogP contribution in [-0.4, -0.2) is 65.0 Å². The fraction of sp³-hybridized carbons (Fsp3) is 0.550. The third-order valence-electron chi connectivity index (χ3n) is 5.71. The highest BCUT2D eigenvalue weighted by Gasteiger charge is 2.49. The van der Waals surface area contributed by atoms with Crippen LogP contribution in [0.3, 0.4) is 0 Å². The topological polar surface area (TPSA) is 87.2 Å². The van der Waals surface area contributed by atoms with Crippen molar-refractivity contribution in [3.8, 4) is 0 Å². The van der Waals surface area contributed by atoms with E-state index in [0.29, 0.717) is 45.5 Å². The van der Waals surface area contributed by atoms with Gasteiger partial charge in [0.15, 0.2) is 0 Å². The first kappa shape index (κ1) is 19.4. The molecule has 0 aliphatic carbocycles. The smallest absolute Gasteiger partial charge is 0.326 e. The summed E-state index contributed by atoms with van der Waals surface area (Å²) in [7, 11) is 0. The summed E-state index contributed by atoms with van der Waals surface area (Å²) in [5.74, 6) is -1.20. The van der Waals surface area contributed by atoms with Crippen molar-refractivity contribution in [2.45, 2.75) is 38.8 Å². The lowest BCUT2D eigenvalue weighted by Crippen LogP contribution is -2.45. The number of piperidine rings is 1.